The van der Waals surface area contributed by atoms with Gasteiger partial charge in [-0.1, -0.05) is 18.2 Å². The van der Waals surface area contributed by atoms with E-state index in [-0.39, 0.29) is 6.04 Å². The zero-order valence-electron chi connectivity index (χ0n) is 8.43. The van der Waals surface area contributed by atoms with Crippen molar-refractivity contribution in [2.75, 3.05) is 12.4 Å². The number of hydrogen-bond acceptors (Lipinski definition) is 4. The summed E-state index contributed by atoms with van der Waals surface area (Å²) >= 11 is 0. The second-order valence-electron chi connectivity index (χ2n) is 3.58. The number of esters is 1. The van der Waals surface area contributed by atoms with Gasteiger partial charge in [0, 0.05) is 5.69 Å². The molecule has 2 unspecified atom stereocenters. The highest BCUT2D eigenvalue weighted by Gasteiger charge is 2.31. The van der Waals surface area contributed by atoms with Gasteiger partial charge in [0.2, 0.25) is 0 Å². The van der Waals surface area contributed by atoms with Crippen LogP contribution in [0.1, 0.15) is 5.56 Å². The minimum absolute atomic E-state index is 0.283. The van der Waals surface area contributed by atoms with Crippen LogP contribution < -0.4 is 5.32 Å². The normalized spacial score (nSPS) is 20.3. The average molecular weight is 207 g/mol. The number of aliphatic hydroxyl groups is 1. The van der Waals surface area contributed by atoms with Gasteiger partial charge in [0.05, 0.1) is 13.2 Å². The van der Waals surface area contributed by atoms with Gasteiger partial charge in [0.15, 0.2) is 6.10 Å². The molecule has 0 radical (unpaired) electrons. The summed E-state index contributed by atoms with van der Waals surface area (Å²) in [7, 11) is 1.27. The van der Waals surface area contributed by atoms with Crippen LogP contribution in [-0.2, 0) is 16.0 Å². The lowest BCUT2D eigenvalue weighted by Crippen LogP contribution is -2.38. The molecule has 80 valence electrons. The van der Waals surface area contributed by atoms with Crippen LogP contribution in [0.25, 0.3) is 0 Å². The molecule has 0 saturated carbocycles. The molecule has 0 aromatic heterocycles. The van der Waals surface area contributed by atoms with Gasteiger partial charge in [-0.05, 0) is 18.1 Å². The molecule has 4 heteroatoms. The van der Waals surface area contributed by atoms with Gasteiger partial charge in [0.1, 0.15) is 0 Å². The monoisotopic (exact) mass is 207 g/mol. The summed E-state index contributed by atoms with van der Waals surface area (Å²) < 4.78 is 4.49. The second-order valence-corrected chi connectivity index (χ2v) is 3.58. The van der Waals surface area contributed by atoms with E-state index >= 15 is 0 Å². The molecule has 1 aromatic carbocycles. The number of benzene rings is 1. The Bertz CT molecular complexity index is 353. The van der Waals surface area contributed by atoms with Crippen LogP contribution in [0, 0.1) is 0 Å². The molecule has 2 rings (SSSR count). The van der Waals surface area contributed by atoms with Gasteiger partial charge in [-0.25, -0.2) is 4.79 Å². The van der Waals surface area contributed by atoms with Crippen LogP contribution in [0.15, 0.2) is 24.3 Å². The summed E-state index contributed by atoms with van der Waals surface area (Å²) in [4.78, 5) is 11.1. The van der Waals surface area contributed by atoms with Crippen molar-refractivity contribution < 1.29 is 14.6 Å². The minimum Gasteiger partial charge on any atom is -0.467 e. The molecule has 15 heavy (non-hydrogen) atoms. The third-order valence-corrected chi connectivity index (χ3v) is 2.62. The summed E-state index contributed by atoms with van der Waals surface area (Å²) in [5.41, 5.74) is 2.09. The lowest BCUT2D eigenvalue weighted by molar-refractivity contribution is -0.151. The maximum atomic E-state index is 11.1. The van der Waals surface area contributed by atoms with Crippen LogP contribution in [0.2, 0.25) is 0 Å². The summed E-state index contributed by atoms with van der Waals surface area (Å²) in [6, 6.07) is 7.48. The smallest absolute Gasteiger partial charge is 0.336 e. The molecule has 0 aliphatic carbocycles. The van der Waals surface area contributed by atoms with E-state index in [1.807, 2.05) is 24.3 Å². The number of rotatable bonds is 2. The lowest BCUT2D eigenvalue weighted by Gasteiger charge is -2.16. The molecule has 4 nitrogen and oxygen atoms in total. The molecule has 1 aliphatic rings. The summed E-state index contributed by atoms with van der Waals surface area (Å²) in [5.74, 6) is -0.597. The highest BCUT2D eigenvalue weighted by atomic mass is 16.5. The first-order valence-corrected chi connectivity index (χ1v) is 4.82. The Morgan fingerprint density at radius 2 is 2.33 bits per heavy atom. The Kier molecular flexibility index (Phi) is 2.60. The maximum Gasteiger partial charge on any atom is 0.336 e. The Balaban J connectivity index is 2.10. The first kappa shape index (κ1) is 9.98. The van der Waals surface area contributed by atoms with Crippen LogP contribution >= 0.6 is 0 Å². The third kappa shape index (κ3) is 1.80. The highest BCUT2D eigenvalue weighted by molar-refractivity contribution is 5.77. The van der Waals surface area contributed by atoms with Crippen molar-refractivity contribution in [2.45, 2.75) is 18.6 Å². The van der Waals surface area contributed by atoms with Crippen LogP contribution in [0.4, 0.5) is 5.69 Å². The molecule has 2 atom stereocenters. The number of anilines is 1. The van der Waals surface area contributed by atoms with Crippen molar-refractivity contribution >= 4 is 11.7 Å². The van der Waals surface area contributed by atoms with Crippen LogP contribution in [-0.4, -0.2) is 30.3 Å². The molecule has 0 amide bonds. The molecule has 0 fully saturated rings. The predicted octanol–water partition coefficient (Wildman–Crippen LogP) is 0.557. The number of ether oxygens (including phenoxy) is 1. The fraction of sp³-hybridized carbons (Fsp3) is 0.364. The Morgan fingerprint density at radius 3 is 3.00 bits per heavy atom. The summed E-state index contributed by atoms with van der Waals surface area (Å²) in [6.45, 7) is 0. The number of methoxy groups -OCH3 is 1. The van der Waals surface area contributed by atoms with Crippen LogP contribution in [0.5, 0.6) is 0 Å². The number of fused-ring (bicyclic) bond motifs is 1. The minimum atomic E-state index is -1.11. The van der Waals surface area contributed by atoms with Crippen molar-refractivity contribution in [3.05, 3.63) is 29.8 Å². The predicted molar refractivity (Wildman–Crippen MR) is 55.6 cm³/mol. The number of aliphatic hydroxyl groups excluding tert-OH is 1. The van der Waals surface area contributed by atoms with Gasteiger partial charge in [-0.15, -0.1) is 0 Å². The number of carbonyl (C=O) groups is 1. The van der Waals surface area contributed by atoms with Gasteiger partial charge in [-0.3, -0.25) is 0 Å². The first-order chi connectivity index (χ1) is 7.22. The molecular formula is C11H13NO3. The molecule has 1 heterocycles. The molecule has 1 aromatic rings. The fourth-order valence-electron chi connectivity index (χ4n) is 1.80. The van der Waals surface area contributed by atoms with Crippen molar-refractivity contribution in [1.82, 2.24) is 0 Å². The van der Waals surface area contributed by atoms with Crippen LogP contribution in [0.3, 0.4) is 0 Å². The molecule has 0 saturated heterocycles. The quantitative estimate of drug-likeness (QED) is 0.696. The molecular weight excluding hydrogens is 194 g/mol. The van der Waals surface area contributed by atoms with Gasteiger partial charge in [0.25, 0.3) is 0 Å². The zero-order valence-corrected chi connectivity index (χ0v) is 8.43. The van der Waals surface area contributed by atoms with E-state index in [0.717, 1.165) is 11.3 Å². The number of hydrogen-bond donors (Lipinski definition) is 2. The van der Waals surface area contributed by atoms with Gasteiger partial charge >= 0.3 is 5.97 Å². The standard InChI is InChI=1S/C11H13NO3/c1-15-11(14)10(13)9-6-7-4-2-3-5-8(7)12-9/h2-5,9-10,12-13H,6H2,1H3. The number of nitrogens with one attached hydrogen (secondary N) is 1. The first-order valence-electron chi connectivity index (χ1n) is 4.82. The van der Waals surface area contributed by atoms with Crippen molar-refractivity contribution in [1.29, 1.82) is 0 Å². The Morgan fingerprint density at radius 1 is 1.60 bits per heavy atom. The number of para-hydroxylation sites is 1. The van der Waals surface area contributed by atoms with Gasteiger partial charge < -0.3 is 15.2 Å². The van der Waals surface area contributed by atoms with E-state index in [1.165, 1.54) is 7.11 Å². The van der Waals surface area contributed by atoms with Gasteiger partial charge in [-0.2, -0.15) is 0 Å². The Hall–Kier alpha value is -1.55. The average Bonchev–Trinajstić information content (AvgIpc) is 2.70. The molecule has 0 bridgehead atoms. The summed E-state index contributed by atoms with van der Waals surface area (Å²) in [6.07, 6.45) is -0.464. The third-order valence-electron chi connectivity index (χ3n) is 2.62. The topological polar surface area (TPSA) is 58.6 Å². The molecule has 0 spiro atoms. The summed E-state index contributed by atoms with van der Waals surface area (Å²) in [5, 5.41) is 12.8. The van der Waals surface area contributed by atoms with Crippen molar-refractivity contribution in [3.8, 4) is 0 Å². The highest BCUT2D eigenvalue weighted by Crippen LogP contribution is 2.26. The van der Waals surface area contributed by atoms with Crippen molar-refractivity contribution in [2.24, 2.45) is 0 Å². The van der Waals surface area contributed by atoms with E-state index in [0.29, 0.717) is 6.42 Å². The van der Waals surface area contributed by atoms with E-state index in [9.17, 15) is 9.90 Å². The maximum absolute atomic E-state index is 11.1. The van der Waals surface area contributed by atoms with E-state index in [4.69, 9.17) is 0 Å². The van der Waals surface area contributed by atoms with E-state index < -0.39 is 12.1 Å². The Labute approximate surface area is 87.9 Å². The van der Waals surface area contributed by atoms with Crippen molar-refractivity contribution in [3.63, 3.8) is 0 Å². The largest absolute Gasteiger partial charge is 0.467 e. The SMILES string of the molecule is COC(=O)C(O)C1Cc2ccccc2N1. The second kappa shape index (κ2) is 3.90. The van der Waals surface area contributed by atoms with E-state index in [2.05, 4.69) is 10.1 Å². The molecule has 1 aliphatic heterocycles. The zero-order chi connectivity index (χ0) is 10.8. The molecule has 2 N–H and O–H groups in total. The number of carbonyl (C=O) groups excluding carboxylic acids is 1. The van der Waals surface area contributed by atoms with E-state index in [1.54, 1.807) is 0 Å². The fourth-order valence-corrected chi connectivity index (χ4v) is 1.80. The lowest BCUT2D eigenvalue weighted by atomic mass is 10.1.